The third-order valence-corrected chi connectivity index (χ3v) is 4.61. The Morgan fingerprint density at radius 1 is 1.39 bits per heavy atom. The monoisotopic (exact) mass is 315 g/mol. The predicted octanol–water partition coefficient (Wildman–Crippen LogP) is 2.05. The van der Waals surface area contributed by atoms with Crippen molar-refractivity contribution in [2.75, 3.05) is 13.1 Å². The van der Waals surface area contributed by atoms with Crippen molar-refractivity contribution in [1.29, 1.82) is 0 Å². The molecule has 3 heterocycles. The Labute approximate surface area is 137 Å². The highest BCUT2D eigenvalue weighted by molar-refractivity contribution is 5.21. The fraction of sp³-hybridized carbons (Fsp3) is 0.588. The fourth-order valence-electron chi connectivity index (χ4n) is 3.11. The lowest BCUT2D eigenvalue weighted by Crippen LogP contribution is -2.46. The van der Waals surface area contributed by atoms with Crippen molar-refractivity contribution < 1.29 is 5.11 Å². The normalized spacial score (nSPS) is 22.7. The summed E-state index contributed by atoms with van der Waals surface area (Å²) in [4.78, 5) is 6.49. The summed E-state index contributed by atoms with van der Waals surface area (Å²) >= 11 is 0. The van der Waals surface area contributed by atoms with Gasteiger partial charge in [0.25, 0.3) is 0 Å². The summed E-state index contributed by atoms with van der Waals surface area (Å²) in [5.41, 5.74) is 2.21. The first kappa shape index (κ1) is 16.1. The third-order valence-electron chi connectivity index (χ3n) is 4.61. The van der Waals surface area contributed by atoms with E-state index in [9.17, 15) is 5.11 Å². The van der Waals surface area contributed by atoms with Gasteiger partial charge in [-0.05, 0) is 57.4 Å². The average molecular weight is 315 g/mol. The van der Waals surface area contributed by atoms with E-state index in [1.165, 1.54) is 11.1 Å². The van der Waals surface area contributed by atoms with Gasteiger partial charge in [-0.3, -0.25) is 9.88 Å². The van der Waals surface area contributed by atoms with Gasteiger partial charge in [0.15, 0.2) is 0 Å². The van der Waals surface area contributed by atoms with Crippen molar-refractivity contribution in [3.63, 3.8) is 0 Å². The minimum absolute atomic E-state index is 0.248. The molecule has 1 fully saturated rings. The molecule has 1 N–H and O–H groups in total. The molecule has 0 radical (unpaired) electrons. The Morgan fingerprint density at radius 3 is 2.91 bits per heavy atom. The molecule has 1 aliphatic heterocycles. The van der Waals surface area contributed by atoms with Crippen LogP contribution < -0.4 is 0 Å². The van der Waals surface area contributed by atoms with E-state index in [-0.39, 0.29) is 6.04 Å². The fourth-order valence-corrected chi connectivity index (χ4v) is 3.11. The number of aryl methyl sites for hydroxylation is 1. The lowest BCUT2D eigenvalue weighted by molar-refractivity contribution is -0.0415. The number of aromatic nitrogens is 4. The van der Waals surface area contributed by atoms with E-state index >= 15 is 0 Å². The molecular formula is C17H25N5O. The van der Waals surface area contributed by atoms with Gasteiger partial charge in [-0.25, -0.2) is 4.68 Å². The zero-order valence-electron chi connectivity index (χ0n) is 14.1. The minimum Gasteiger partial charge on any atom is -0.382 e. The lowest BCUT2D eigenvalue weighted by atomic mass is 9.89. The van der Waals surface area contributed by atoms with Gasteiger partial charge < -0.3 is 5.11 Å². The molecule has 0 saturated carbocycles. The third kappa shape index (κ3) is 3.43. The van der Waals surface area contributed by atoms with Crippen LogP contribution in [0.15, 0.2) is 24.7 Å². The van der Waals surface area contributed by atoms with Crippen LogP contribution in [0.25, 0.3) is 0 Å². The van der Waals surface area contributed by atoms with Crippen molar-refractivity contribution in [2.24, 2.45) is 0 Å². The van der Waals surface area contributed by atoms with Gasteiger partial charge in [0.05, 0.1) is 6.20 Å². The van der Waals surface area contributed by atoms with Gasteiger partial charge in [-0.1, -0.05) is 5.21 Å². The van der Waals surface area contributed by atoms with Crippen LogP contribution in [0.4, 0.5) is 0 Å². The summed E-state index contributed by atoms with van der Waals surface area (Å²) in [6.07, 6.45) is 7.29. The topological polar surface area (TPSA) is 67.1 Å². The molecule has 0 unspecified atom stereocenters. The highest BCUT2D eigenvalue weighted by Crippen LogP contribution is 2.31. The number of rotatable bonds is 4. The molecule has 2 aromatic rings. The highest BCUT2D eigenvalue weighted by Gasteiger charge is 2.37. The standard InChI is InChI=1S/C17H25N5O/c1-13(2)22-11-16(19-20-22)17(23)6-4-8-21(12-17)10-15-9-18-7-5-14(15)3/h5,7,9,11,13,23H,4,6,8,10,12H2,1-3H3/t17-/m0/s1. The van der Waals surface area contributed by atoms with Gasteiger partial charge >= 0.3 is 0 Å². The van der Waals surface area contributed by atoms with Crippen LogP contribution in [-0.2, 0) is 12.1 Å². The Hall–Kier alpha value is -1.79. The Balaban J connectivity index is 1.75. The summed E-state index contributed by atoms with van der Waals surface area (Å²) in [5.74, 6) is 0. The Morgan fingerprint density at radius 2 is 2.22 bits per heavy atom. The van der Waals surface area contributed by atoms with Gasteiger partial charge in [0.2, 0.25) is 0 Å². The van der Waals surface area contributed by atoms with E-state index in [1.54, 1.807) is 4.68 Å². The molecule has 0 amide bonds. The summed E-state index contributed by atoms with van der Waals surface area (Å²) in [6.45, 7) is 8.58. The molecule has 6 heteroatoms. The first-order valence-electron chi connectivity index (χ1n) is 8.24. The SMILES string of the molecule is Cc1ccncc1CN1CCC[C@@](O)(c2cn(C(C)C)nn2)C1. The maximum absolute atomic E-state index is 11.1. The number of pyridine rings is 1. The molecule has 23 heavy (non-hydrogen) atoms. The number of hydrogen-bond donors (Lipinski definition) is 1. The van der Waals surface area contributed by atoms with Crippen LogP contribution in [0.5, 0.6) is 0 Å². The summed E-state index contributed by atoms with van der Waals surface area (Å²) in [5, 5.41) is 19.4. The average Bonchev–Trinajstić information content (AvgIpc) is 3.01. The van der Waals surface area contributed by atoms with E-state index in [1.807, 2.05) is 24.7 Å². The predicted molar refractivity (Wildman–Crippen MR) is 87.8 cm³/mol. The van der Waals surface area contributed by atoms with Crippen LogP contribution in [0, 0.1) is 6.92 Å². The summed E-state index contributed by atoms with van der Waals surface area (Å²) < 4.78 is 1.80. The van der Waals surface area contributed by atoms with Crippen molar-refractivity contribution in [3.8, 4) is 0 Å². The van der Waals surface area contributed by atoms with E-state index in [2.05, 4.69) is 41.0 Å². The second-order valence-corrected chi connectivity index (χ2v) is 6.83. The molecular weight excluding hydrogens is 290 g/mol. The molecule has 0 aliphatic carbocycles. The first-order chi connectivity index (χ1) is 11.0. The van der Waals surface area contributed by atoms with Crippen LogP contribution in [0.2, 0.25) is 0 Å². The van der Waals surface area contributed by atoms with Gasteiger partial charge in [-0.2, -0.15) is 0 Å². The highest BCUT2D eigenvalue weighted by atomic mass is 16.3. The van der Waals surface area contributed by atoms with Gasteiger partial charge in [0.1, 0.15) is 11.3 Å². The number of hydrogen-bond acceptors (Lipinski definition) is 5. The molecule has 1 atom stereocenters. The smallest absolute Gasteiger partial charge is 0.123 e. The molecule has 0 aromatic carbocycles. The number of β-amino-alcohol motifs (C(OH)–C–C–N with tert-alkyl or cyclic N) is 1. The molecule has 124 valence electrons. The molecule has 2 aromatic heterocycles. The molecule has 0 spiro atoms. The molecule has 1 saturated heterocycles. The lowest BCUT2D eigenvalue weighted by Gasteiger charge is -2.38. The zero-order chi connectivity index (χ0) is 16.4. The maximum Gasteiger partial charge on any atom is 0.123 e. The van der Waals surface area contributed by atoms with Crippen LogP contribution in [0.3, 0.4) is 0 Å². The van der Waals surface area contributed by atoms with Crippen LogP contribution in [-0.4, -0.2) is 43.1 Å². The number of nitrogens with zero attached hydrogens (tertiary/aromatic N) is 5. The molecule has 0 bridgehead atoms. The van der Waals surface area contributed by atoms with E-state index in [4.69, 9.17) is 0 Å². The van der Waals surface area contributed by atoms with Crippen LogP contribution in [0.1, 0.15) is 49.6 Å². The van der Waals surface area contributed by atoms with Crippen molar-refractivity contribution in [1.82, 2.24) is 24.9 Å². The summed E-state index contributed by atoms with van der Waals surface area (Å²) in [6, 6.07) is 2.28. The maximum atomic E-state index is 11.1. The largest absolute Gasteiger partial charge is 0.382 e. The van der Waals surface area contributed by atoms with Gasteiger partial charge in [-0.15, -0.1) is 5.10 Å². The van der Waals surface area contributed by atoms with E-state index in [0.717, 1.165) is 25.9 Å². The van der Waals surface area contributed by atoms with E-state index < -0.39 is 5.60 Å². The molecule has 1 aliphatic rings. The number of piperidine rings is 1. The van der Waals surface area contributed by atoms with Gasteiger partial charge in [0, 0.05) is 31.5 Å². The van der Waals surface area contributed by atoms with Crippen molar-refractivity contribution >= 4 is 0 Å². The zero-order valence-corrected chi connectivity index (χ0v) is 14.1. The number of aliphatic hydroxyl groups is 1. The van der Waals surface area contributed by atoms with Crippen molar-refractivity contribution in [3.05, 3.63) is 41.5 Å². The molecule has 3 rings (SSSR count). The second kappa shape index (κ2) is 6.37. The van der Waals surface area contributed by atoms with Crippen LogP contribution >= 0.6 is 0 Å². The Kier molecular flexibility index (Phi) is 4.46. The van der Waals surface area contributed by atoms with Crippen molar-refractivity contribution in [2.45, 2.75) is 51.8 Å². The summed E-state index contributed by atoms with van der Waals surface area (Å²) in [7, 11) is 0. The molecule has 6 nitrogen and oxygen atoms in total. The Bertz CT molecular complexity index is 669. The quantitative estimate of drug-likeness (QED) is 0.935. The minimum atomic E-state index is -0.915. The number of likely N-dealkylation sites (tertiary alicyclic amines) is 1. The first-order valence-corrected chi connectivity index (χ1v) is 8.24. The second-order valence-electron chi connectivity index (χ2n) is 6.83. The van der Waals surface area contributed by atoms with E-state index in [0.29, 0.717) is 12.2 Å².